The van der Waals surface area contributed by atoms with Gasteiger partial charge in [-0.2, -0.15) is 0 Å². The molecule has 0 spiro atoms. The second-order valence-corrected chi connectivity index (χ2v) is 5.00. The minimum Gasteiger partial charge on any atom is -0.494 e. The monoisotopic (exact) mass is 267 g/mol. The van der Waals surface area contributed by atoms with Crippen molar-refractivity contribution in [3.8, 4) is 5.75 Å². The molecule has 0 aliphatic heterocycles. The number of aliphatic hydroxyl groups excluding tert-OH is 1. The lowest BCUT2D eigenvalue weighted by Gasteiger charge is -2.37. The highest BCUT2D eigenvalue weighted by molar-refractivity contribution is 5.21. The van der Waals surface area contributed by atoms with Crippen molar-refractivity contribution in [1.29, 1.82) is 0 Å². The third-order valence-corrected chi connectivity index (χ3v) is 3.65. The molecule has 19 heavy (non-hydrogen) atoms. The molecule has 1 saturated carbocycles. The van der Waals surface area contributed by atoms with E-state index < -0.39 is 0 Å². The standard InChI is InChI=1S/C15H22FNO2/c16-13-5-7-15(8-6-13)19-12-2-9-17(10-11-18)14-3-1-4-14/h5-8,14,18H,1-4,9-12H2. The van der Waals surface area contributed by atoms with Crippen LogP contribution >= 0.6 is 0 Å². The Morgan fingerprint density at radius 3 is 2.53 bits per heavy atom. The van der Waals surface area contributed by atoms with Crippen molar-refractivity contribution in [2.75, 3.05) is 26.3 Å². The second kappa shape index (κ2) is 7.46. The molecule has 4 heteroatoms. The highest BCUT2D eigenvalue weighted by Crippen LogP contribution is 2.24. The van der Waals surface area contributed by atoms with Gasteiger partial charge < -0.3 is 9.84 Å². The first-order valence-electron chi connectivity index (χ1n) is 7.03. The van der Waals surface area contributed by atoms with Crippen LogP contribution in [0.5, 0.6) is 5.75 Å². The first-order chi connectivity index (χ1) is 9.29. The summed E-state index contributed by atoms with van der Waals surface area (Å²) in [6, 6.07) is 6.75. The van der Waals surface area contributed by atoms with E-state index in [2.05, 4.69) is 4.90 Å². The first-order valence-corrected chi connectivity index (χ1v) is 7.03. The molecule has 0 atom stereocenters. The summed E-state index contributed by atoms with van der Waals surface area (Å²) in [5, 5.41) is 9.06. The van der Waals surface area contributed by atoms with Crippen LogP contribution < -0.4 is 4.74 Å². The number of halogens is 1. The average molecular weight is 267 g/mol. The van der Waals surface area contributed by atoms with Gasteiger partial charge in [0.15, 0.2) is 0 Å². The van der Waals surface area contributed by atoms with Gasteiger partial charge in [-0.3, -0.25) is 4.90 Å². The van der Waals surface area contributed by atoms with Gasteiger partial charge in [0.05, 0.1) is 13.2 Å². The van der Waals surface area contributed by atoms with Crippen molar-refractivity contribution in [1.82, 2.24) is 4.90 Å². The van der Waals surface area contributed by atoms with E-state index in [-0.39, 0.29) is 12.4 Å². The van der Waals surface area contributed by atoms with E-state index in [4.69, 9.17) is 9.84 Å². The van der Waals surface area contributed by atoms with Crippen molar-refractivity contribution in [3.05, 3.63) is 30.1 Å². The molecule has 0 radical (unpaired) electrons. The zero-order valence-electron chi connectivity index (χ0n) is 11.2. The van der Waals surface area contributed by atoms with E-state index >= 15 is 0 Å². The van der Waals surface area contributed by atoms with Gasteiger partial charge in [-0.1, -0.05) is 6.42 Å². The Morgan fingerprint density at radius 1 is 1.21 bits per heavy atom. The van der Waals surface area contributed by atoms with Crippen LogP contribution in [0.3, 0.4) is 0 Å². The lowest BCUT2D eigenvalue weighted by atomic mass is 9.91. The fraction of sp³-hybridized carbons (Fsp3) is 0.600. The number of benzene rings is 1. The molecule has 1 aliphatic rings. The van der Waals surface area contributed by atoms with Gasteiger partial charge in [0.2, 0.25) is 0 Å². The lowest BCUT2D eigenvalue weighted by molar-refractivity contribution is 0.0952. The maximum Gasteiger partial charge on any atom is 0.123 e. The van der Waals surface area contributed by atoms with Crippen LogP contribution in [0.15, 0.2) is 24.3 Å². The van der Waals surface area contributed by atoms with Crippen molar-refractivity contribution < 1.29 is 14.2 Å². The van der Waals surface area contributed by atoms with E-state index in [1.165, 1.54) is 31.4 Å². The van der Waals surface area contributed by atoms with Gasteiger partial charge in [0.1, 0.15) is 11.6 Å². The molecule has 106 valence electrons. The van der Waals surface area contributed by atoms with Crippen LogP contribution in [0.25, 0.3) is 0 Å². The van der Waals surface area contributed by atoms with Crippen LogP contribution in [0.4, 0.5) is 4.39 Å². The molecule has 1 aromatic carbocycles. The number of nitrogens with zero attached hydrogens (tertiary/aromatic N) is 1. The molecule has 1 aromatic rings. The molecule has 0 aromatic heterocycles. The highest BCUT2D eigenvalue weighted by atomic mass is 19.1. The summed E-state index contributed by atoms with van der Waals surface area (Å²) in [4.78, 5) is 2.34. The minimum atomic E-state index is -0.244. The predicted octanol–water partition coefficient (Wildman–Crippen LogP) is 2.44. The molecule has 1 N–H and O–H groups in total. The fourth-order valence-electron chi connectivity index (χ4n) is 2.35. The van der Waals surface area contributed by atoms with Crippen LogP contribution in [-0.2, 0) is 0 Å². The summed E-state index contributed by atoms with van der Waals surface area (Å²) < 4.78 is 18.3. The number of rotatable bonds is 8. The average Bonchev–Trinajstić information content (AvgIpc) is 2.35. The smallest absolute Gasteiger partial charge is 0.123 e. The summed E-state index contributed by atoms with van der Waals surface area (Å²) in [5.74, 6) is 0.463. The Kier molecular flexibility index (Phi) is 5.61. The zero-order chi connectivity index (χ0) is 13.5. The summed E-state index contributed by atoms with van der Waals surface area (Å²) >= 11 is 0. The molecule has 0 heterocycles. The molecule has 2 rings (SSSR count). The maximum atomic E-state index is 12.7. The summed E-state index contributed by atoms with van der Waals surface area (Å²) in [6.45, 7) is 2.54. The van der Waals surface area contributed by atoms with Crippen LogP contribution in [-0.4, -0.2) is 42.4 Å². The Labute approximate surface area is 114 Å². The molecule has 1 fully saturated rings. The van der Waals surface area contributed by atoms with E-state index in [1.54, 1.807) is 12.1 Å². The summed E-state index contributed by atoms with van der Waals surface area (Å²) in [5.41, 5.74) is 0. The van der Waals surface area contributed by atoms with E-state index in [0.717, 1.165) is 19.5 Å². The van der Waals surface area contributed by atoms with Gasteiger partial charge >= 0.3 is 0 Å². The fourth-order valence-corrected chi connectivity index (χ4v) is 2.35. The summed E-state index contributed by atoms with van der Waals surface area (Å²) in [7, 11) is 0. The molecule has 0 unspecified atom stereocenters. The molecule has 3 nitrogen and oxygen atoms in total. The molecule has 1 aliphatic carbocycles. The van der Waals surface area contributed by atoms with Crippen molar-refractivity contribution in [2.24, 2.45) is 0 Å². The van der Waals surface area contributed by atoms with Gasteiger partial charge in [-0.25, -0.2) is 4.39 Å². The number of ether oxygens (including phenoxy) is 1. The highest BCUT2D eigenvalue weighted by Gasteiger charge is 2.23. The van der Waals surface area contributed by atoms with Gasteiger partial charge in [0, 0.05) is 19.1 Å². The SMILES string of the molecule is OCCN(CCCOc1ccc(F)cc1)C1CCC1. The zero-order valence-corrected chi connectivity index (χ0v) is 11.2. The largest absolute Gasteiger partial charge is 0.494 e. The third kappa shape index (κ3) is 4.48. The van der Waals surface area contributed by atoms with Gasteiger partial charge in [0.25, 0.3) is 0 Å². The summed E-state index contributed by atoms with van der Waals surface area (Å²) in [6.07, 6.45) is 4.73. The lowest BCUT2D eigenvalue weighted by Crippen LogP contribution is -2.42. The minimum absolute atomic E-state index is 0.218. The number of aliphatic hydroxyl groups is 1. The molecule has 0 bridgehead atoms. The quantitative estimate of drug-likeness (QED) is 0.734. The second-order valence-electron chi connectivity index (χ2n) is 5.00. The normalized spacial score (nSPS) is 15.5. The Hall–Kier alpha value is -1.13. The molecular weight excluding hydrogens is 245 g/mol. The number of hydrogen-bond acceptors (Lipinski definition) is 3. The van der Waals surface area contributed by atoms with Gasteiger partial charge in [-0.15, -0.1) is 0 Å². The first kappa shape index (κ1) is 14.3. The van der Waals surface area contributed by atoms with E-state index in [9.17, 15) is 4.39 Å². The van der Waals surface area contributed by atoms with Crippen molar-refractivity contribution in [3.63, 3.8) is 0 Å². The topological polar surface area (TPSA) is 32.7 Å². The molecule has 0 saturated heterocycles. The molecular formula is C15H22FNO2. The van der Waals surface area contributed by atoms with E-state index in [0.29, 0.717) is 18.4 Å². The van der Waals surface area contributed by atoms with Crippen LogP contribution in [0.2, 0.25) is 0 Å². The Balaban J connectivity index is 1.65. The van der Waals surface area contributed by atoms with Crippen molar-refractivity contribution in [2.45, 2.75) is 31.7 Å². The Bertz CT molecular complexity index is 365. The molecule has 0 amide bonds. The number of hydrogen-bond donors (Lipinski definition) is 1. The predicted molar refractivity (Wildman–Crippen MR) is 72.8 cm³/mol. The van der Waals surface area contributed by atoms with Crippen LogP contribution in [0, 0.1) is 5.82 Å². The van der Waals surface area contributed by atoms with Gasteiger partial charge in [-0.05, 0) is 43.5 Å². The van der Waals surface area contributed by atoms with E-state index in [1.807, 2.05) is 0 Å². The Morgan fingerprint density at radius 2 is 1.95 bits per heavy atom. The van der Waals surface area contributed by atoms with Crippen molar-refractivity contribution >= 4 is 0 Å². The third-order valence-electron chi connectivity index (χ3n) is 3.65. The maximum absolute atomic E-state index is 12.7. The van der Waals surface area contributed by atoms with Crippen LogP contribution in [0.1, 0.15) is 25.7 Å².